The van der Waals surface area contributed by atoms with Gasteiger partial charge in [0.1, 0.15) is 11.3 Å². The average molecular weight is 809 g/mol. The molecule has 0 bridgehead atoms. The Morgan fingerprint density at radius 2 is 1.32 bits per heavy atom. The number of anilines is 2. The monoisotopic (exact) mass is 808 g/mol. The number of hydrogen-bond acceptors (Lipinski definition) is 13. The van der Waals surface area contributed by atoms with Gasteiger partial charge in [0.15, 0.2) is 17.5 Å². The predicted molar refractivity (Wildman–Crippen MR) is 205 cm³/mol. The van der Waals surface area contributed by atoms with E-state index >= 15 is 0 Å². The van der Waals surface area contributed by atoms with Gasteiger partial charge in [0.2, 0.25) is 17.4 Å². The molecule has 314 valence electrons. The van der Waals surface area contributed by atoms with Crippen molar-refractivity contribution in [1.29, 1.82) is 0 Å². The van der Waals surface area contributed by atoms with Crippen LogP contribution in [0.15, 0.2) is 24.3 Å². The molecule has 1 saturated heterocycles. The predicted octanol–water partition coefficient (Wildman–Crippen LogP) is 4.81. The van der Waals surface area contributed by atoms with Gasteiger partial charge in [-0.2, -0.15) is 8.78 Å². The molecule has 1 aliphatic rings. The Kier molecular flexibility index (Phi) is 18.0. The summed E-state index contributed by atoms with van der Waals surface area (Å²) in [5.41, 5.74) is 9.99. The zero-order valence-corrected chi connectivity index (χ0v) is 32.3. The molecule has 5 rings (SSSR count). The smallest absolute Gasteiger partial charge is 0.313 e. The number of nitrogens with zero attached hydrogens (tertiary/aromatic N) is 4. The number of nitrogen functional groups attached to an aromatic ring is 1. The van der Waals surface area contributed by atoms with Gasteiger partial charge in [-0.1, -0.05) is 13.3 Å². The van der Waals surface area contributed by atoms with Crippen LogP contribution in [-0.2, 0) is 39.6 Å². The molecule has 0 spiro atoms. The van der Waals surface area contributed by atoms with Crippen LogP contribution in [0.1, 0.15) is 32.0 Å². The number of aromatic nitrogens is 3. The fraction of sp³-hybridized carbons (Fsp3) is 0.564. The average Bonchev–Trinajstić information content (AvgIpc) is 3.66. The van der Waals surface area contributed by atoms with Crippen LogP contribution in [0.3, 0.4) is 0 Å². The van der Waals surface area contributed by atoms with Crippen LogP contribution in [0.5, 0.6) is 5.75 Å². The van der Waals surface area contributed by atoms with E-state index in [0.717, 1.165) is 79.7 Å². The molecule has 2 aromatic carbocycles. The second-order valence-electron chi connectivity index (χ2n) is 13.2. The number of carbonyl (C=O) groups excluding carboxylic acids is 1. The van der Waals surface area contributed by atoms with Gasteiger partial charge in [-0.15, -0.1) is 0 Å². The summed E-state index contributed by atoms with van der Waals surface area (Å²) in [5.74, 6) is -8.05. The van der Waals surface area contributed by atoms with Gasteiger partial charge in [-0.05, 0) is 24.6 Å². The van der Waals surface area contributed by atoms with E-state index in [2.05, 4.69) is 43.6 Å². The Labute approximate surface area is 328 Å². The second kappa shape index (κ2) is 23.3. The number of carbonyl (C=O) groups is 1. The van der Waals surface area contributed by atoms with E-state index in [1.54, 1.807) is 0 Å². The third-order valence-corrected chi connectivity index (χ3v) is 9.14. The van der Waals surface area contributed by atoms with Crippen LogP contribution < -0.4 is 15.4 Å². The van der Waals surface area contributed by atoms with Gasteiger partial charge < -0.3 is 48.8 Å². The number of pyridine rings is 1. The summed E-state index contributed by atoms with van der Waals surface area (Å²) in [6.07, 6.45) is 2.68. The highest BCUT2D eigenvalue weighted by molar-refractivity contribution is 6.07. The number of nitrogens with one attached hydrogen (secondary N) is 1. The first kappa shape index (κ1) is 43.9. The van der Waals surface area contributed by atoms with Gasteiger partial charge in [-0.3, -0.25) is 9.69 Å². The minimum Gasteiger partial charge on any atom is -0.420 e. The van der Waals surface area contributed by atoms with Crippen LogP contribution in [0.2, 0.25) is 0 Å². The number of hydrogen-bond donors (Lipinski definition) is 2. The molecule has 1 aliphatic heterocycles. The van der Waals surface area contributed by atoms with Crippen molar-refractivity contribution in [3.63, 3.8) is 0 Å². The maximum Gasteiger partial charge on any atom is 0.313 e. The summed E-state index contributed by atoms with van der Waals surface area (Å²) in [4.78, 5) is 29.4. The number of ether oxygens (including phenoxy) is 7. The van der Waals surface area contributed by atoms with Crippen molar-refractivity contribution < 1.29 is 55.5 Å². The van der Waals surface area contributed by atoms with Crippen LogP contribution in [0, 0.1) is 23.3 Å². The molecule has 14 nitrogen and oxygen atoms in total. The van der Waals surface area contributed by atoms with Crippen LogP contribution >= 0.6 is 0 Å². The summed E-state index contributed by atoms with van der Waals surface area (Å²) >= 11 is 0. The minimum absolute atomic E-state index is 0.0238. The van der Waals surface area contributed by atoms with E-state index in [0.29, 0.717) is 65.3 Å². The van der Waals surface area contributed by atoms with E-state index in [4.69, 9.17) is 39.1 Å². The van der Waals surface area contributed by atoms with Crippen molar-refractivity contribution in [1.82, 2.24) is 19.9 Å². The zero-order valence-electron chi connectivity index (χ0n) is 32.3. The lowest BCUT2D eigenvalue weighted by Crippen LogP contribution is -2.47. The molecule has 0 unspecified atom stereocenters. The number of aryl methyl sites for hydroxylation is 1. The SMILES string of the molecule is CCCCc1nc2c(N)nc3ccc(N4CCN(CCOCCOCCOCCOCCOCCOCCC(=O)Oc5c(F)c(F)cc(F)c5F)CC4)cc3c2[nH]1. The lowest BCUT2D eigenvalue weighted by molar-refractivity contribution is -0.136. The van der Waals surface area contributed by atoms with Crippen molar-refractivity contribution in [2.75, 3.05) is 123 Å². The molecule has 3 heterocycles. The van der Waals surface area contributed by atoms with Crippen molar-refractivity contribution in [3.05, 3.63) is 53.4 Å². The van der Waals surface area contributed by atoms with E-state index in [-0.39, 0.29) is 32.3 Å². The molecule has 1 fully saturated rings. The first-order valence-electron chi connectivity index (χ1n) is 19.3. The Hall–Kier alpha value is -4.17. The summed E-state index contributed by atoms with van der Waals surface area (Å²) < 4.78 is 90.8. The lowest BCUT2D eigenvalue weighted by Gasteiger charge is -2.36. The molecule has 18 heteroatoms. The molecule has 3 N–H and O–H groups in total. The molecule has 2 aromatic heterocycles. The number of unbranched alkanes of at least 4 members (excludes halogenated alkanes) is 1. The first-order valence-corrected chi connectivity index (χ1v) is 19.3. The number of imidazole rings is 1. The quantitative estimate of drug-likeness (QED) is 0.0294. The number of aromatic amines is 1. The largest absolute Gasteiger partial charge is 0.420 e. The number of halogens is 4. The molecular formula is C39H52F4N6O8. The Morgan fingerprint density at radius 3 is 1.89 bits per heavy atom. The number of benzene rings is 2. The molecule has 0 radical (unpaired) electrons. The number of H-pyrrole nitrogens is 1. The highest BCUT2D eigenvalue weighted by atomic mass is 19.2. The summed E-state index contributed by atoms with van der Waals surface area (Å²) in [6.45, 7) is 11.0. The highest BCUT2D eigenvalue weighted by Gasteiger charge is 2.23. The fourth-order valence-corrected chi connectivity index (χ4v) is 6.05. The van der Waals surface area contributed by atoms with Crippen LogP contribution in [0.4, 0.5) is 29.1 Å². The maximum atomic E-state index is 13.6. The number of esters is 1. The zero-order chi connectivity index (χ0) is 40.4. The molecule has 0 aliphatic carbocycles. The van der Waals surface area contributed by atoms with Gasteiger partial charge in [0.25, 0.3) is 0 Å². The molecule has 4 aromatic rings. The number of fused-ring (bicyclic) bond motifs is 3. The first-order chi connectivity index (χ1) is 27.7. The topological polar surface area (TPSA) is 156 Å². The van der Waals surface area contributed by atoms with Crippen molar-refractivity contribution >= 4 is 39.4 Å². The third kappa shape index (κ3) is 13.4. The molecule has 57 heavy (non-hydrogen) atoms. The van der Waals surface area contributed by atoms with Crippen LogP contribution in [-0.4, -0.2) is 138 Å². The lowest BCUT2D eigenvalue weighted by atomic mass is 10.1. The van der Waals surface area contributed by atoms with Crippen molar-refractivity contribution in [3.8, 4) is 5.75 Å². The molecule has 0 amide bonds. The van der Waals surface area contributed by atoms with Gasteiger partial charge in [0, 0.05) is 56.3 Å². The summed E-state index contributed by atoms with van der Waals surface area (Å²) in [5, 5.41) is 1.04. The summed E-state index contributed by atoms with van der Waals surface area (Å²) in [6, 6.07) is 6.38. The molecule has 0 saturated carbocycles. The van der Waals surface area contributed by atoms with Gasteiger partial charge >= 0.3 is 5.97 Å². The van der Waals surface area contributed by atoms with Crippen LogP contribution in [0.25, 0.3) is 21.9 Å². The van der Waals surface area contributed by atoms with Gasteiger partial charge in [0.05, 0.1) is 96.7 Å². The van der Waals surface area contributed by atoms with E-state index in [1.807, 2.05) is 6.07 Å². The van der Waals surface area contributed by atoms with Crippen molar-refractivity contribution in [2.24, 2.45) is 0 Å². The van der Waals surface area contributed by atoms with E-state index in [1.165, 1.54) is 5.69 Å². The van der Waals surface area contributed by atoms with E-state index < -0.39 is 35.0 Å². The van der Waals surface area contributed by atoms with E-state index in [9.17, 15) is 22.4 Å². The molecule has 0 atom stereocenters. The minimum atomic E-state index is -1.79. The Morgan fingerprint density at radius 1 is 0.754 bits per heavy atom. The standard InChI is InChI=1S/C39H52F4N6O8/c1-2-3-4-32-46-36-28-25-27(5-6-31(28)45-39(44)37(36)47-32)49-10-8-48(9-11-49)12-14-52-16-18-54-20-22-56-24-23-55-21-19-53-17-15-51-13-7-33(50)57-38-34(42)29(40)26-30(41)35(38)43/h5-6,25-26H,2-4,7-24H2,1H3,(H2,44,45)(H,46,47). The number of rotatable bonds is 26. The maximum absolute atomic E-state index is 13.6. The summed E-state index contributed by atoms with van der Waals surface area (Å²) in [7, 11) is 0. The molecular weight excluding hydrogens is 756 g/mol. The Bertz CT molecular complexity index is 1840. The third-order valence-electron chi connectivity index (χ3n) is 9.14. The van der Waals surface area contributed by atoms with Crippen molar-refractivity contribution in [2.45, 2.75) is 32.6 Å². The Balaban J connectivity index is 0.799. The number of nitrogens with two attached hydrogens (primary N) is 1. The fourth-order valence-electron chi connectivity index (χ4n) is 6.05. The second-order valence-corrected chi connectivity index (χ2v) is 13.2. The van der Waals surface area contributed by atoms with Gasteiger partial charge in [-0.25, -0.2) is 18.7 Å². The normalized spacial score (nSPS) is 13.7. The highest BCUT2D eigenvalue weighted by Crippen LogP contribution is 2.30. The number of piperazine rings is 1.